The predicted molar refractivity (Wildman–Crippen MR) is 84.4 cm³/mol. The van der Waals surface area contributed by atoms with E-state index in [-0.39, 0.29) is 0 Å². The maximum absolute atomic E-state index is 6.04. The van der Waals surface area contributed by atoms with Crippen LogP contribution in [0.15, 0.2) is 65.5 Å². The highest BCUT2D eigenvalue weighted by Gasteiger charge is 2.10. The van der Waals surface area contributed by atoms with Crippen LogP contribution in [0.2, 0.25) is 0 Å². The van der Waals surface area contributed by atoms with Gasteiger partial charge in [0.15, 0.2) is 0 Å². The van der Waals surface area contributed by atoms with E-state index in [1.807, 2.05) is 24.3 Å². The number of benzene rings is 2. The second kappa shape index (κ2) is 5.88. The fraction of sp³-hybridized carbons (Fsp3) is 0.158. The predicted octanol–water partition coefficient (Wildman–Crippen LogP) is 5.14. The van der Waals surface area contributed by atoms with Crippen LogP contribution in [0.5, 0.6) is 5.75 Å². The van der Waals surface area contributed by atoms with Crippen molar-refractivity contribution in [1.29, 1.82) is 0 Å². The van der Waals surface area contributed by atoms with Gasteiger partial charge >= 0.3 is 0 Å². The van der Waals surface area contributed by atoms with Crippen molar-refractivity contribution in [3.05, 3.63) is 77.7 Å². The summed E-state index contributed by atoms with van der Waals surface area (Å²) in [6, 6.07) is 16.4. The molecule has 21 heavy (non-hydrogen) atoms. The van der Waals surface area contributed by atoms with Gasteiger partial charge in [-0.3, -0.25) is 0 Å². The summed E-state index contributed by atoms with van der Waals surface area (Å²) >= 11 is 0. The molecule has 0 fully saturated rings. The number of aryl methyl sites for hydroxylation is 2. The van der Waals surface area contributed by atoms with Gasteiger partial charge in [-0.15, -0.1) is 0 Å². The molecule has 0 amide bonds. The number of furan rings is 1. The van der Waals surface area contributed by atoms with Gasteiger partial charge in [0, 0.05) is 11.1 Å². The van der Waals surface area contributed by atoms with Crippen LogP contribution in [-0.2, 0) is 6.61 Å². The summed E-state index contributed by atoms with van der Waals surface area (Å²) in [7, 11) is 0. The summed E-state index contributed by atoms with van der Waals surface area (Å²) in [6.07, 6.45) is 3.44. The minimum atomic E-state index is 0.564. The van der Waals surface area contributed by atoms with Crippen LogP contribution in [0.3, 0.4) is 0 Å². The van der Waals surface area contributed by atoms with Gasteiger partial charge in [-0.1, -0.05) is 30.3 Å². The Bertz CT molecular complexity index is 713. The smallest absolute Gasteiger partial charge is 0.128 e. The molecular formula is C19H18O2. The first-order chi connectivity index (χ1) is 10.2. The Morgan fingerprint density at radius 3 is 2.43 bits per heavy atom. The summed E-state index contributed by atoms with van der Waals surface area (Å²) in [6.45, 7) is 4.78. The molecule has 0 spiro atoms. The van der Waals surface area contributed by atoms with Crippen molar-refractivity contribution in [1.82, 2.24) is 0 Å². The van der Waals surface area contributed by atoms with Crippen LogP contribution in [0, 0.1) is 13.8 Å². The van der Waals surface area contributed by atoms with E-state index in [2.05, 4.69) is 38.1 Å². The first-order valence-electron chi connectivity index (χ1n) is 7.04. The zero-order valence-electron chi connectivity index (χ0n) is 12.3. The van der Waals surface area contributed by atoms with Crippen molar-refractivity contribution in [3.63, 3.8) is 0 Å². The zero-order valence-corrected chi connectivity index (χ0v) is 12.3. The van der Waals surface area contributed by atoms with E-state index < -0.39 is 0 Å². The highest BCUT2D eigenvalue weighted by Crippen LogP contribution is 2.33. The maximum atomic E-state index is 6.04. The summed E-state index contributed by atoms with van der Waals surface area (Å²) in [5, 5.41) is 0. The largest absolute Gasteiger partial charge is 0.488 e. The van der Waals surface area contributed by atoms with Crippen molar-refractivity contribution >= 4 is 0 Å². The Balaban J connectivity index is 1.92. The average molecular weight is 278 g/mol. The fourth-order valence-corrected chi connectivity index (χ4v) is 2.29. The summed E-state index contributed by atoms with van der Waals surface area (Å²) in [4.78, 5) is 0. The maximum Gasteiger partial charge on any atom is 0.128 e. The van der Waals surface area contributed by atoms with Gasteiger partial charge in [0.1, 0.15) is 12.4 Å². The van der Waals surface area contributed by atoms with Crippen molar-refractivity contribution in [2.75, 3.05) is 0 Å². The Hall–Kier alpha value is -2.48. The standard InChI is InChI=1S/C19H18O2/c1-14-10-18(17-8-9-20-13-17)19(11-15(14)2)21-12-16-6-4-3-5-7-16/h3-11,13H,12H2,1-2H3. The third-order valence-corrected chi connectivity index (χ3v) is 3.67. The highest BCUT2D eigenvalue weighted by atomic mass is 16.5. The Kier molecular flexibility index (Phi) is 3.78. The molecule has 0 atom stereocenters. The lowest BCUT2D eigenvalue weighted by Crippen LogP contribution is -1.98. The van der Waals surface area contributed by atoms with Crippen molar-refractivity contribution < 1.29 is 9.15 Å². The molecule has 1 heterocycles. The molecule has 3 aromatic rings. The molecule has 0 radical (unpaired) electrons. The first-order valence-corrected chi connectivity index (χ1v) is 7.04. The molecule has 2 nitrogen and oxygen atoms in total. The topological polar surface area (TPSA) is 22.4 Å². The van der Waals surface area contributed by atoms with E-state index in [4.69, 9.17) is 9.15 Å². The van der Waals surface area contributed by atoms with E-state index in [9.17, 15) is 0 Å². The molecule has 0 N–H and O–H groups in total. The van der Waals surface area contributed by atoms with Gasteiger partial charge in [-0.25, -0.2) is 0 Å². The molecule has 3 rings (SSSR count). The molecule has 0 bridgehead atoms. The number of rotatable bonds is 4. The Labute approximate surface area is 125 Å². The molecular weight excluding hydrogens is 260 g/mol. The van der Waals surface area contributed by atoms with Crippen molar-refractivity contribution in [3.8, 4) is 16.9 Å². The molecule has 0 aliphatic rings. The zero-order chi connectivity index (χ0) is 14.7. The quantitative estimate of drug-likeness (QED) is 0.659. The lowest BCUT2D eigenvalue weighted by molar-refractivity contribution is 0.307. The van der Waals surface area contributed by atoms with Crippen LogP contribution in [0.4, 0.5) is 0 Å². The molecule has 106 valence electrons. The van der Waals surface area contributed by atoms with Gasteiger partial charge in [0.2, 0.25) is 0 Å². The van der Waals surface area contributed by atoms with E-state index in [1.54, 1.807) is 12.5 Å². The molecule has 0 aliphatic carbocycles. The van der Waals surface area contributed by atoms with E-state index in [1.165, 1.54) is 11.1 Å². The van der Waals surface area contributed by atoms with Crippen molar-refractivity contribution in [2.24, 2.45) is 0 Å². The second-order valence-electron chi connectivity index (χ2n) is 5.22. The number of ether oxygens (including phenoxy) is 1. The van der Waals surface area contributed by atoms with Gasteiger partial charge in [-0.2, -0.15) is 0 Å². The van der Waals surface area contributed by atoms with Crippen molar-refractivity contribution in [2.45, 2.75) is 20.5 Å². The van der Waals surface area contributed by atoms with Crippen LogP contribution in [0.1, 0.15) is 16.7 Å². The molecule has 0 saturated carbocycles. The molecule has 0 unspecified atom stereocenters. The average Bonchev–Trinajstić information content (AvgIpc) is 3.03. The van der Waals surface area contributed by atoms with Crippen LogP contribution in [0.25, 0.3) is 11.1 Å². The summed E-state index contributed by atoms with van der Waals surface area (Å²) < 4.78 is 11.2. The van der Waals surface area contributed by atoms with Gasteiger partial charge in [-0.05, 0) is 48.7 Å². The third kappa shape index (κ3) is 3.00. The molecule has 0 saturated heterocycles. The summed E-state index contributed by atoms with van der Waals surface area (Å²) in [5.41, 5.74) is 5.75. The van der Waals surface area contributed by atoms with Crippen LogP contribution in [-0.4, -0.2) is 0 Å². The lowest BCUT2D eigenvalue weighted by Gasteiger charge is -2.13. The van der Waals surface area contributed by atoms with E-state index in [0.29, 0.717) is 6.61 Å². The third-order valence-electron chi connectivity index (χ3n) is 3.67. The second-order valence-corrected chi connectivity index (χ2v) is 5.22. The van der Waals surface area contributed by atoms with Crippen LogP contribution >= 0.6 is 0 Å². The minimum absolute atomic E-state index is 0.564. The molecule has 0 aliphatic heterocycles. The van der Waals surface area contributed by atoms with Crippen LogP contribution < -0.4 is 4.74 Å². The molecule has 1 aromatic heterocycles. The Morgan fingerprint density at radius 1 is 0.952 bits per heavy atom. The highest BCUT2D eigenvalue weighted by molar-refractivity contribution is 5.71. The number of hydrogen-bond acceptors (Lipinski definition) is 2. The summed E-state index contributed by atoms with van der Waals surface area (Å²) in [5.74, 6) is 0.892. The monoisotopic (exact) mass is 278 g/mol. The minimum Gasteiger partial charge on any atom is -0.488 e. The van der Waals surface area contributed by atoms with E-state index in [0.717, 1.165) is 22.4 Å². The van der Waals surface area contributed by atoms with Gasteiger partial charge in [0.05, 0.1) is 12.5 Å². The first kappa shape index (κ1) is 13.5. The van der Waals surface area contributed by atoms with E-state index >= 15 is 0 Å². The number of hydrogen-bond donors (Lipinski definition) is 0. The fourth-order valence-electron chi connectivity index (χ4n) is 2.29. The lowest BCUT2D eigenvalue weighted by atomic mass is 10.0. The SMILES string of the molecule is Cc1cc(OCc2ccccc2)c(-c2ccoc2)cc1C. The van der Waals surface area contributed by atoms with Gasteiger partial charge < -0.3 is 9.15 Å². The Morgan fingerprint density at radius 2 is 1.71 bits per heavy atom. The normalized spacial score (nSPS) is 10.6. The molecule has 2 heteroatoms. The molecule has 2 aromatic carbocycles. The van der Waals surface area contributed by atoms with Gasteiger partial charge in [0.25, 0.3) is 0 Å².